The summed E-state index contributed by atoms with van der Waals surface area (Å²) in [5, 5.41) is 5.67. The molecule has 0 spiro atoms. The molecule has 134 valence electrons. The van der Waals surface area contributed by atoms with Crippen LogP contribution >= 0.6 is 0 Å². The molecule has 1 aromatic heterocycles. The summed E-state index contributed by atoms with van der Waals surface area (Å²) in [6.07, 6.45) is 7.45. The zero-order valence-electron chi connectivity index (χ0n) is 14.8. The minimum Gasteiger partial charge on any atom is -0.341 e. The molecule has 0 N–H and O–H groups in total. The van der Waals surface area contributed by atoms with Gasteiger partial charge in [0.1, 0.15) is 0 Å². The normalized spacial score (nSPS) is 21.7. The highest BCUT2D eigenvalue weighted by molar-refractivity contribution is 6.11. The maximum Gasteiger partial charge on any atom is 0.260 e. The summed E-state index contributed by atoms with van der Waals surface area (Å²) in [6.45, 7) is 5.69. The highest BCUT2D eigenvalue weighted by Crippen LogP contribution is 2.25. The fourth-order valence-corrected chi connectivity index (χ4v) is 3.62. The van der Waals surface area contributed by atoms with E-state index in [2.05, 4.69) is 24.9 Å². The van der Waals surface area contributed by atoms with Crippen LogP contribution in [0.25, 0.3) is 0 Å². The van der Waals surface area contributed by atoms with Crippen LogP contribution in [0.3, 0.4) is 0 Å². The van der Waals surface area contributed by atoms with Crippen molar-refractivity contribution in [3.05, 3.63) is 0 Å². The predicted octanol–water partition coefficient (Wildman–Crippen LogP) is 1.96. The lowest BCUT2D eigenvalue weighted by Crippen LogP contribution is -2.35. The van der Waals surface area contributed by atoms with E-state index >= 15 is 0 Å². The second-order valence-corrected chi connectivity index (χ2v) is 7.05. The van der Waals surface area contributed by atoms with Gasteiger partial charge < -0.3 is 9.80 Å². The first kappa shape index (κ1) is 16.2. The van der Waals surface area contributed by atoms with Crippen LogP contribution in [0.5, 0.6) is 0 Å². The van der Waals surface area contributed by atoms with Crippen LogP contribution in [0.15, 0.2) is 5.10 Å². The number of nitrogens with zero attached hydrogens (tertiary/aromatic N) is 7. The Morgan fingerprint density at radius 3 is 1.64 bits per heavy atom. The Kier molecular flexibility index (Phi) is 4.50. The quantitative estimate of drug-likeness (QED) is 0.835. The molecule has 0 atom stereocenters. The van der Waals surface area contributed by atoms with Gasteiger partial charge in [-0.1, -0.05) is 0 Å². The van der Waals surface area contributed by atoms with Crippen LogP contribution in [0.2, 0.25) is 0 Å². The molecular formula is C17H25N7O. The number of amides is 1. The Labute approximate surface area is 147 Å². The van der Waals surface area contributed by atoms with E-state index in [1.165, 1.54) is 17.9 Å². The monoisotopic (exact) mass is 343 g/mol. The molecule has 0 aromatic carbocycles. The van der Waals surface area contributed by atoms with E-state index in [1.54, 1.807) is 0 Å². The van der Waals surface area contributed by atoms with Crippen molar-refractivity contribution in [3.8, 4) is 0 Å². The van der Waals surface area contributed by atoms with E-state index < -0.39 is 0 Å². The van der Waals surface area contributed by atoms with Crippen LogP contribution in [-0.2, 0) is 4.79 Å². The molecule has 2 fully saturated rings. The summed E-state index contributed by atoms with van der Waals surface area (Å²) < 4.78 is 0. The van der Waals surface area contributed by atoms with Gasteiger partial charge >= 0.3 is 0 Å². The molecular weight excluding hydrogens is 318 g/mol. The van der Waals surface area contributed by atoms with Gasteiger partial charge in [0, 0.05) is 31.9 Å². The van der Waals surface area contributed by atoms with Crippen LogP contribution in [0, 0.1) is 0 Å². The van der Waals surface area contributed by atoms with E-state index in [4.69, 9.17) is 4.98 Å². The first-order chi connectivity index (χ1) is 12.2. The van der Waals surface area contributed by atoms with Crippen molar-refractivity contribution in [3.63, 3.8) is 0 Å². The molecule has 3 aliphatic heterocycles. The highest BCUT2D eigenvalue weighted by atomic mass is 16.2. The molecule has 0 radical (unpaired) electrons. The minimum atomic E-state index is -0.0714. The van der Waals surface area contributed by atoms with Gasteiger partial charge in [-0.15, -0.1) is 0 Å². The number of carbonyl (C=O) groups is 1. The lowest BCUT2D eigenvalue weighted by Gasteiger charge is -2.30. The second-order valence-electron chi connectivity index (χ2n) is 7.05. The molecule has 4 heterocycles. The maximum absolute atomic E-state index is 12.2. The van der Waals surface area contributed by atoms with Gasteiger partial charge in [0.15, 0.2) is 0 Å². The number of hydrazone groups is 1. The van der Waals surface area contributed by atoms with Crippen LogP contribution in [0.1, 0.15) is 51.9 Å². The van der Waals surface area contributed by atoms with Crippen molar-refractivity contribution in [2.75, 3.05) is 41.0 Å². The van der Waals surface area contributed by atoms with Gasteiger partial charge in [0.05, 0.1) is 6.42 Å². The predicted molar refractivity (Wildman–Crippen MR) is 97.2 cm³/mol. The van der Waals surface area contributed by atoms with Crippen molar-refractivity contribution >= 4 is 29.5 Å². The van der Waals surface area contributed by atoms with Gasteiger partial charge in [-0.25, -0.2) is 0 Å². The number of carbonyl (C=O) groups excluding carboxylic acids is 1. The average molecular weight is 343 g/mol. The van der Waals surface area contributed by atoms with E-state index in [9.17, 15) is 4.79 Å². The van der Waals surface area contributed by atoms with E-state index in [0.717, 1.165) is 57.6 Å². The SMILES string of the molecule is CC1=NN(c2nc(N3CCCCC3)nc(N3CCCCC3)n2)C(=O)C1. The van der Waals surface area contributed by atoms with Gasteiger partial charge in [-0.3, -0.25) is 4.79 Å². The summed E-state index contributed by atoms with van der Waals surface area (Å²) in [7, 11) is 0. The summed E-state index contributed by atoms with van der Waals surface area (Å²) in [6, 6.07) is 0. The molecule has 0 unspecified atom stereocenters. The van der Waals surface area contributed by atoms with E-state index in [-0.39, 0.29) is 5.91 Å². The van der Waals surface area contributed by atoms with Gasteiger partial charge in [0.2, 0.25) is 11.9 Å². The van der Waals surface area contributed by atoms with Gasteiger partial charge in [-0.05, 0) is 45.4 Å². The summed E-state index contributed by atoms with van der Waals surface area (Å²) >= 11 is 0. The van der Waals surface area contributed by atoms with E-state index in [0.29, 0.717) is 24.3 Å². The molecule has 4 rings (SSSR count). The molecule has 1 aromatic rings. The molecule has 0 bridgehead atoms. The molecule has 8 nitrogen and oxygen atoms in total. The molecule has 0 saturated carbocycles. The van der Waals surface area contributed by atoms with Crippen molar-refractivity contribution in [2.24, 2.45) is 5.10 Å². The number of rotatable bonds is 3. The zero-order chi connectivity index (χ0) is 17.2. The molecule has 3 aliphatic rings. The number of piperidine rings is 2. The topological polar surface area (TPSA) is 77.8 Å². The average Bonchev–Trinajstić information content (AvgIpc) is 3.01. The fraction of sp³-hybridized carbons (Fsp3) is 0.706. The smallest absolute Gasteiger partial charge is 0.260 e. The Balaban J connectivity index is 1.70. The highest BCUT2D eigenvalue weighted by Gasteiger charge is 2.28. The molecule has 25 heavy (non-hydrogen) atoms. The van der Waals surface area contributed by atoms with Crippen LogP contribution < -0.4 is 14.8 Å². The first-order valence-electron chi connectivity index (χ1n) is 9.34. The van der Waals surface area contributed by atoms with Gasteiger partial charge in [-0.2, -0.15) is 25.1 Å². The lowest BCUT2D eigenvalue weighted by atomic mass is 10.1. The number of aromatic nitrogens is 3. The third-order valence-electron chi connectivity index (χ3n) is 4.98. The molecule has 8 heteroatoms. The Morgan fingerprint density at radius 2 is 1.20 bits per heavy atom. The van der Waals surface area contributed by atoms with E-state index in [1.807, 2.05) is 6.92 Å². The summed E-state index contributed by atoms with van der Waals surface area (Å²) in [5.74, 6) is 1.64. The number of hydrogen-bond acceptors (Lipinski definition) is 7. The molecule has 2 saturated heterocycles. The lowest BCUT2D eigenvalue weighted by molar-refractivity contribution is -0.117. The molecule has 0 aliphatic carbocycles. The van der Waals surface area contributed by atoms with Crippen molar-refractivity contribution in [2.45, 2.75) is 51.9 Å². The Bertz CT molecular complexity index is 641. The third-order valence-corrected chi connectivity index (χ3v) is 4.98. The maximum atomic E-state index is 12.2. The van der Waals surface area contributed by atoms with Gasteiger partial charge in [0.25, 0.3) is 11.9 Å². The second kappa shape index (κ2) is 6.93. The first-order valence-corrected chi connectivity index (χ1v) is 9.34. The summed E-state index contributed by atoms with van der Waals surface area (Å²) in [4.78, 5) is 30.6. The van der Waals surface area contributed by atoms with Crippen LogP contribution in [-0.4, -0.2) is 52.7 Å². The number of anilines is 3. The Morgan fingerprint density at radius 1 is 0.720 bits per heavy atom. The Hall–Kier alpha value is -2.25. The van der Waals surface area contributed by atoms with Crippen LogP contribution in [0.4, 0.5) is 17.8 Å². The number of hydrogen-bond donors (Lipinski definition) is 0. The standard InChI is InChI=1S/C17H25N7O/c1-13-12-14(25)24(21-13)17-19-15(22-8-4-2-5-9-22)18-16(20-17)23-10-6-3-7-11-23/h2-12H2,1H3. The summed E-state index contributed by atoms with van der Waals surface area (Å²) in [5.41, 5.74) is 0.796. The zero-order valence-corrected chi connectivity index (χ0v) is 14.8. The van der Waals surface area contributed by atoms with Crippen molar-refractivity contribution in [1.82, 2.24) is 15.0 Å². The third kappa shape index (κ3) is 3.43. The fourth-order valence-electron chi connectivity index (χ4n) is 3.62. The molecule has 1 amide bonds. The minimum absolute atomic E-state index is 0.0714. The largest absolute Gasteiger partial charge is 0.341 e. The van der Waals surface area contributed by atoms with Crippen molar-refractivity contribution < 1.29 is 4.79 Å². The van der Waals surface area contributed by atoms with Crippen molar-refractivity contribution in [1.29, 1.82) is 0 Å².